The second kappa shape index (κ2) is 8.58. The molecule has 0 fully saturated rings. The van der Waals surface area contributed by atoms with Crippen molar-refractivity contribution >= 4 is 11.9 Å². The van der Waals surface area contributed by atoms with Gasteiger partial charge in [-0.2, -0.15) is 0 Å². The first kappa shape index (κ1) is 17.5. The first-order valence-electron chi connectivity index (χ1n) is 6.69. The summed E-state index contributed by atoms with van der Waals surface area (Å²) < 4.78 is 0. The van der Waals surface area contributed by atoms with Crippen molar-refractivity contribution in [2.75, 3.05) is 6.54 Å². The topological polar surface area (TPSA) is 66.4 Å². The van der Waals surface area contributed by atoms with E-state index in [0.29, 0.717) is 19.3 Å². The lowest BCUT2D eigenvalue weighted by Crippen LogP contribution is -2.34. The number of unbranched alkanes of at least 4 members (excludes halogenated alkanes) is 2. The highest BCUT2D eigenvalue weighted by Crippen LogP contribution is 2.24. The Morgan fingerprint density at radius 2 is 1.95 bits per heavy atom. The summed E-state index contributed by atoms with van der Waals surface area (Å²) in [6.45, 7) is 6.17. The van der Waals surface area contributed by atoms with Crippen LogP contribution in [0.5, 0.6) is 0 Å². The molecular weight excluding hydrogens is 242 g/mol. The van der Waals surface area contributed by atoms with Crippen LogP contribution in [0, 0.1) is 23.7 Å². The summed E-state index contributed by atoms with van der Waals surface area (Å²) in [6.07, 6.45) is 8.31. The van der Waals surface area contributed by atoms with Gasteiger partial charge in [-0.15, -0.1) is 12.3 Å². The lowest BCUT2D eigenvalue weighted by Gasteiger charge is -2.23. The first-order valence-corrected chi connectivity index (χ1v) is 6.69. The second-order valence-corrected chi connectivity index (χ2v) is 6.02. The van der Waals surface area contributed by atoms with Gasteiger partial charge in [0, 0.05) is 19.4 Å². The highest BCUT2D eigenvalue weighted by Gasteiger charge is 2.24. The van der Waals surface area contributed by atoms with Gasteiger partial charge in [0.2, 0.25) is 5.91 Å². The fourth-order valence-electron chi connectivity index (χ4n) is 1.82. The van der Waals surface area contributed by atoms with Crippen LogP contribution in [0.2, 0.25) is 0 Å². The van der Waals surface area contributed by atoms with Crippen molar-refractivity contribution in [3.63, 3.8) is 0 Å². The largest absolute Gasteiger partial charge is 0.481 e. The minimum atomic E-state index is -0.859. The summed E-state index contributed by atoms with van der Waals surface area (Å²) in [7, 11) is 0. The number of carboxylic acid groups (broad SMARTS) is 1. The van der Waals surface area contributed by atoms with E-state index in [4.69, 9.17) is 11.5 Å². The van der Waals surface area contributed by atoms with Crippen molar-refractivity contribution in [2.24, 2.45) is 11.3 Å². The quantitative estimate of drug-likeness (QED) is 0.524. The van der Waals surface area contributed by atoms with E-state index < -0.39 is 11.9 Å². The van der Waals surface area contributed by atoms with Crippen molar-refractivity contribution in [1.29, 1.82) is 0 Å². The number of aliphatic carboxylic acids is 1. The monoisotopic (exact) mass is 267 g/mol. The molecular formula is C15H25NO3. The molecule has 0 rings (SSSR count). The molecule has 0 spiro atoms. The number of terminal acetylenes is 1. The van der Waals surface area contributed by atoms with Crippen LogP contribution in [0.25, 0.3) is 0 Å². The predicted molar refractivity (Wildman–Crippen MR) is 75.5 cm³/mol. The molecule has 108 valence electrons. The van der Waals surface area contributed by atoms with Crippen molar-refractivity contribution in [1.82, 2.24) is 5.32 Å². The van der Waals surface area contributed by atoms with Crippen molar-refractivity contribution < 1.29 is 14.7 Å². The Bertz CT molecular complexity index is 336. The Kier molecular flexibility index (Phi) is 7.90. The van der Waals surface area contributed by atoms with E-state index in [9.17, 15) is 9.59 Å². The Hall–Kier alpha value is -1.50. The van der Waals surface area contributed by atoms with Crippen molar-refractivity contribution in [2.45, 2.75) is 52.9 Å². The van der Waals surface area contributed by atoms with E-state index in [1.165, 1.54) is 0 Å². The maximum atomic E-state index is 11.5. The van der Waals surface area contributed by atoms with Crippen molar-refractivity contribution in [3.05, 3.63) is 0 Å². The molecule has 2 N–H and O–H groups in total. The average Bonchev–Trinajstić information content (AvgIpc) is 2.28. The van der Waals surface area contributed by atoms with Gasteiger partial charge in [-0.1, -0.05) is 20.8 Å². The average molecular weight is 267 g/mol. The molecule has 1 atom stereocenters. The van der Waals surface area contributed by atoms with Gasteiger partial charge in [0.15, 0.2) is 0 Å². The first-order chi connectivity index (χ1) is 8.76. The maximum absolute atomic E-state index is 11.5. The molecule has 1 amide bonds. The predicted octanol–water partition coefficient (Wildman–Crippen LogP) is 2.43. The van der Waals surface area contributed by atoms with Crippen LogP contribution in [0.3, 0.4) is 0 Å². The standard InChI is InChI=1S/C15H25NO3/c1-5-6-7-8-9-13(17)16-11-12(14(18)19)10-15(2,3)4/h1,12H,6-11H2,2-4H3,(H,16,17)(H,18,19). The number of rotatable bonds is 8. The molecule has 4 nitrogen and oxygen atoms in total. The second-order valence-electron chi connectivity index (χ2n) is 6.02. The van der Waals surface area contributed by atoms with Gasteiger partial charge < -0.3 is 10.4 Å². The van der Waals surface area contributed by atoms with E-state index in [1.54, 1.807) is 0 Å². The van der Waals surface area contributed by atoms with E-state index in [-0.39, 0.29) is 17.9 Å². The minimum absolute atomic E-state index is 0.0689. The molecule has 0 radical (unpaired) electrons. The van der Waals surface area contributed by atoms with Crippen LogP contribution in [-0.4, -0.2) is 23.5 Å². The lowest BCUT2D eigenvalue weighted by molar-refractivity contribution is -0.142. The van der Waals surface area contributed by atoms with E-state index in [0.717, 1.165) is 12.8 Å². The molecule has 19 heavy (non-hydrogen) atoms. The van der Waals surface area contributed by atoms with Gasteiger partial charge >= 0.3 is 5.97 Å². The third-order valence-corrected chi connectivity index (χ3v) is 2.73. The summed E-state index contributed by atoms with van der Waals surface area (Å²) in [5.74, 6) is 1.03. The van der Waals surface area contributed by atoms with Crippen LogP contribution in [-0.2, 0) is 9.59 Å². The number of carbonyl (C=O) groups is 2. The van der Waals surface area contributed by atoms with Gasteiger partial charge in [-0.3, -0.25) is 9.59 Å². The fourth-order valence-corrected chi connectivity index (χ4v) is 1.82. The van der Waals surface area contributed by atoms with E-state index in [2.05, 4.69) is 11.2 Å². The Morgan fingerprint density at radius 3 is 2.42 bits per heavy atom. The van der Waals surface area contributed by atoms with Gasteiger partial charge in [-0.05, 0) is 24.7 Å². The van der Waals surface area contributed by atoms with Gasteiger partial charge in [0.05, 0.1) is 5.92 Å². The summed E-state index contributed by atoms with van der Waals surface area (Å²) in [4.78, 5) is 22.7. The minimum Gasteiger partial charge on any atom is -0.481 e. The molecule has 0 bridgehead atoms. The Labute approximate surface area is 116 Å². The van der Waals surface area contributed by atoms with E-state index >= 15 is 0 Å². The van der Waals surface area contributed by atoms with Crippen LogP contribution < -0.4 is 5.32 Å². The molecule has 0 aromatic rings. The van der Waals surface area contributed by atoms with E-state index in [1.807, 2.05) is 20.8 Å². The number of hydrogen-bond donors (Lipinski definition) is 2. The summed E-state index contributed by atoms with van der Waals surface area (Å²) >= 11 is 0. The van der Waals surface area contributed by atoms with Crippen LogP contribution >= 0.6 is 0 Å². The molecule has 0 saturated carbocycles. The number of carbonyl (C=O) groups excluding carboxylic acids is 1. The van der Waals surface area contributed by atoms with Crippen molar-refractivity contribution in [3.8, 4) is 12.3 Å². The summed E-state index contributed by atoms with van der Waals surface area (Å²) in [5, 5.41) is 11.8. The molecule has 0 aliphatic heterocycles. The zero-order chi connectivity index (χ0) is 14.9. The third-order valence-electron chi connectivity index (χ3n) is 2.73. The summed E-state index contributed by atoms with van der Waals surface area (Å²) in [5.41, 5.74) is -0.0689. The SMILES string of the molecule is C#CCCCCC(=O)NCC(CC(C)(C)C)C(=O)O. The van der Waals surface area contributed by atoms with Crippen LogP contribution in [0.1, 0.15) is 52.9 Å². The molecule has 0 aliphatic rings. The third kappa shape index (κ3) is 10.1. The lowest BCUT2D eigenvalue weighted by atomic mass is 9.84. The number of amides is 1. The Morgan fingerprint density at radius 1 is 1.32 bits per heavy atom. The summed E-state index contributed by atoms with van der Waals surface area (Å²) in [6, 6.07) is 0. The fraction of sp³-hybridized carbons (Fsp3) is 0.733. The molecule has 0 aliphatic carbocycles. The molecule has 0 heterocycles. The molecule has 4 heteroatoms. The van der Waals surface area contributed by atoms with Gasteiger partial charge in [0.25, 0.3) is 0 Å². The number of nitrogens with one attached hydrogen (secondary N) is 1. The van der Waals surface area contributed by atoms with Gasteiger partial charge in [-0.25, -0.2) is 0 Å². The maximum Gasteiger partial charge on any atom is 0.308 e. The molecule has 0 saturated heterocycles. The number of hydrogen-bond acceptors (Lipinski definition) is 2. The molecule has 0 aromatic heterocycles. The van der Waals surface area contributed by atoms with Crippen LogP contribution in [0.4, 0.5) is 0 Å². The molecule has 0 aromatic carbocycles. The Balaban J connectivity index is 4.02. The highest BCUT2D eigenvalue weighted by atomic mass is 16.4. The normalized spacial score (nSPS) is 12.5. The highest BCUT2D eigenvalue weighted by molar-refractivity contribution is 5.77. The molecule has 1 unspecified atom stereocenters. The van der Waals surface area contributed by atoms with Crippen LogP contribution in [0.15, 0.2) is 0 Å². The zero-order valence-electron chi connectivity index (χ0n) is 12.2. The zero-order valence-corrected chi connectivity index (χ0v) is 12.2. The van der Waals surface area contributed by atoms with Gasteiger partial charge in [0.1, 0.15) is 0 Å². The smallest absolute Gasteiger partial charge is 0.308 e. The number of carboxylic acids is 1.